The van der Waals surface area contributed by atoms with E-state index < -0.39 is 11.4 Å². The van der Waals surface area contributed by atoms with Gasteiger partial charge in [-0.25, -0.2) is 4.79 Å². The Bertz CT molecular complexity index is 339. The number of nitrogens with one attached hydrogen (secondary N) is 1. The zero-order valence-electron chi connectivity index (χ0n) is 10.9. The van der Waals surface area contributed by atoms with Gasteiger partial charge in [0.05, 0.1) is 5.41 Å². The third kappa shape index (κ3) is 2.76. The van der Waals surface area contributed by atoms with Crippen LogP contribution >= 0.6 is 0 Å². The highest BCUT2D eigenvalue weighted by molar-refractivity contribution is 5.79. The lowest BCUT2D eigenvalue weighted by Crippen LogP contribution is -2.45. The molecule has 1 saturated carbocycles. The van der Waals surface area contributed by atoms with Crippen LogP contribution in [-0.2, 0) is 4.79 Å². The van der Waals surface area contributed by atoms with Crippen molar-refractivity contribution in [1.29, 1.82) is 0 Å². The molecule has 2 amide bonds. The molecule has 0 aromatic heterocycles. The Balaban J connectivity index is 1.85. The smallest absolute Gasteiger partial charge is 0.317 e. The maximum atomic E-state index is 12.0. The van der Waals surface area contributed by atoms with E-state index in [0.29, 0.717) is 19.5 Å². The van der Waals surface area contributed by atoms with E-state index in [2.05, 4.69) is 5.32 Å². The molecular formula is C13H22N2O3. The molecular weight excluding hydrogens is 232 g/mol. The van der Waals surface area contributed by atoms with Crippen LogP contribution in [0.3, 0.4) is 0 Å². The molecule has 0 bridgehead atoms. The van der Waals surface area contributed by atoms with Gasteiger partial charge in [-0.15, -0.1) is 0 Å². The molecule has 1 aliphatic carbocycles. The average molecular weight is 254 g/mol. The fourth-order valence-electron chi connectivity index (χ4n) is 2.82. The number of carboxylic acid groups (broad SMARTS) is 1. The summed E-state index contributed by atoms with van der Waals surface area (Å²) < 4.78 is 0. The molecule has 1 unspecified atom stereocenters. The molecule has 0 radical (unpaired) electrons. The van der Waals surface area contributed by atoms with Gasteiger partial charge in [0, 0.05) is 19.1 Å². The second-order valence-electron chi connectivity index (χ2n) is 5.82. The van der Waals surface area contributed by atoms with Crippen LogP contribution in [0.4, 0.5) is 4.79 Å². The Labute approximate surface area is 108 Å². The molecule has 1 heterocycles. The van der Waals surface area contributed by atoms with Crippen LogP contribution in [0.15, 0.2) is 0 Å². The van der Waals surface area contributed by atoms with Crippen LogP contribution in [0.1, 0.15) is 45.4 Å². The van der Waals surface area contributed by atoms with Gasteiger partial charge in [0.25, 0.3) is 0 Å². The van der Waals surface area contributed by atoms with Crippen molar-refractivity contribution < 1.29 is 14.7 Å². The Morgan fingerprint density at radius 2 is 1.94 bits per heavy atom. The van der Waals surface area contributed by atoms with Crippen LogP contribution in [0.5, 0.6) is 0 Å². The molecule has 0 spiro atoms. The van der Waals surface area contributed by atoms with Crippen molar-refractivity contribution in [2.75, 3.05) is 13.1 Å². The number of carbonyl (C=O) groups excluding carboxylic acids is 1. The summed E-state index contributed by atoms with van der Waals surface area (Å²) >= 11 is 0. The van der Waals surface area contributed by atoms with Crippen molar-refractivity contribution in [2.45, 2.75) is 51.5 Å². The van der Waals surface area contributed by atoms with Crippen LogP contribution < -0.4 is 5.32 Å². The van der Waals surface area contributed by atoms with Gasteiger partial charge in [-0.3, -0.25) is 4.79 Å². The number of hydrogen-bond donors (Lipinski definition) is 2. The first kappa shape index (κ1) is 13.2. The van der Waals surface area contributed by atoms with Crippen molar-refractivity contribution >= 4 is 12.0 Å². The third-order valence-corrected chi connectivity index (χ3v) is 4.21. The first-order chi connectivity index (χ1) is 8.51. The fraction of sp³-hybridized carbons (Fsp3) is 0.846. The zero-order chi connectivity index (χ0) is 13.2. The van der Waals surface area contributed by atoms with Crippen molar-refractivity contribution in [3.8, 4) is 0 Å². The van der Waals surface area contributed by atoms with Gasteiger partial charge in [-0.2, -0.15) is 0 Å². The Hall–Kier alpha value is -1.26. The van der Waals surface area contributed by atoms with E-state index in [1.165, 1.54) is 19.3 Å². The molecule has 2 fully saturated rings. The van der Waals surface area contributed by atoms with Gasteiger partial charge in [0.15, 0.2) is 0 Å². The van der Waals surface area contributed by atoms with Gasteiger partial charge in [-0.05, 0) is 26.2 Å². The van der Waals surface area contributed by atoms with E-state index in [-0.39, 0.29) is 12.1 Å². The van der Waals surface area contributed by atoms with Gasteiger partial charge in [0.1, 0.15) is 0 Å². The lowest BCUT2D eigenvalue weighted by Gasteiger charge is -2.26. The number of nitrogens with zero attached hydrogens (tertiary/aromatic N) is 1. The van der Waals surface area contributed by atoms with E-state index in [0.717, 1.165) is 12.8 Å². The molecule has 0 aromatic rings. The quantitative estimate of drug-likeness (QED) is 0.789. The predicted molar refractivity (Wildman–Crippen MR) is 67.3 cm³/mol. The van der Waals surface area contributed by atoms with Crippen LogP contribution in [0.2, 0.25) is 0 Å². The maximum absolute atomic E-state index is 12.0. The van der Waals surface area contributed by atoms with Crippen molar-refractivity contribution in [3.05, 3.63) is 0 Å². The maximum Gasteiger partial charge on any atom is 0.317 e. The molecule has 1 atom stereocenters. The Kier molecular flexibility index (Phi) is 3.78. The van der Waals surface area contributed by atoms with E-state index in [4.69, 9.17) is 5.11 Å². The summed E-state index contributed by atoms with van der Waals surface area (Å²) in [6.07, 6.45) is 6.26. The minimum absolute atomic E-state index is 0.0909. The summed E-state index contributed by atoms with van der Waals surface area (Å²) in [6, 6.07) is 0.190. The molecule has 18 heavy (non-hydrogen) atoms. The number of amides is 2. The van der Waals surface area contributed by atoms with Gasteiger partial charge in [0.2, 0.25) is 0 Å². The molecule has 2 rings (SSSR count). The average Bonchev–Trinajstić information content (AvgIpc) is 2.75. The number of rotatable bonds is 2. The zero-order valence-corrected chi connectivity index (χ0v) is 10.9. The minimum atomic E-state index is -0.810. The third-order valence-electron chi connectivity index (χ3n) is 4.21. The number of likely N-dealkylation sites (tertiary alicyclic amines) is 1. The van der Waals surface area contributed by atoms with Crippen molar-refractivity contribution in [3.63, 3.8) is 0 Å². The van der Waals surface area contributed by atoms with E-state index in [9.17, 15) is 9.59 Å². The monoisotopic (exact) mass is 254 g/mol. The highest BCUT2D eigenvalue weighted by Gasteiger charge is 2.42. The molecule has 2 aliphatic rings. The summed E-state index contributed by atoms with van der Waals surface area (Å²) in [7, 11) is 0. The SMILES string of the molecule is CC1(C(=O)O)CCN(C(=O)NC2CCCCC2)C1. The van der Waals surface area contributed by atoms with E-state index >= 15 is 0 Å². The minimum Gasteiger partial charge on any atom is -0.481 e. The summed E-state index contributed by atoms with van der Waals surface area (Å²) in [5.41, 5.74) is -0.774. The number of carbonyl (C=O) groups is 2. The molecule has 102 valence electrons. The molecule has 5 nitrogen and oxygen atoms in total. The molecule has 1 aliphatic heterocycles. The molecule has 0 aromatic carbocycles. The molecule has 2 N–H and O–H groups in total. The van der Waals surface area contributed by atoms with Crippen LogP contribution in [0.25, 0.3) is 0 Å². The lowest BCUT2D eigenvalue weighted by atomic mass is 9.90. The Morgan fingerprint density at radius 3 is 2.50 bits per heavy atom. The number of hydrogen-bond acceptors (Lipinski definition) is 2. The number of carboxylic acids is 1. The number of aliphatic carboxylic acids is 1. The molecule has 1 saturated heterocycles. The van der Waals surface area contributed by atoms with Gasteiger partial charge < -0.3 is 15.3 Å². The topological polar surface area (TPSA) is 69.6 Å². The van der Waals surface area contributed by atoms with Crippen LogP contribution in [-0.4, -0.2) is 41.1 Å². The largest absolute Gasteiger partial charge is 0.481 e. The molecule has 5 heteroatoms. The highest BCUT2D eigenvalue weighted by Crippen LogP contribution is 2.30. The predicted octanol–water partition coefficient (Wildman–Crippen LogP) is 1.83. The van der Waals surface area contributed by atoms with Gasteiger partial charge >= 0.3 is 12.0 Å². The van der Waals surface area contributed by atoms with Crippen molar-refractivity contribution in [2.24, 2.45) is 5.41 Å². The second-order valence-corrected chi connectivity index (χ2v) is 5.82. The normalized spacial score (nSPS) is 29.3. The van der Waals surface area contributed by atoms with E-state index in [1.54, 1.807) is 11.8 Å². The lowest BCUT2D eigenvalue weighted by molar-refractivity contribution is -0.146. The summed E-state index contributed by atoms with van der Waals surface area (Å²) in [5.74, 6) is -0.810. The second kappa shape index (κ2) is 5.16. The highest BCUT2D eigenvalue weighted by atomic mass is 16.4. The van der Waals surface area contributed by atoms with E-state index in [1.807, 2.05) is 0 Å². The van der Waals surface area contributed by atoms with Crippen LogP contribution in [0, 0.1) is 5.41 Å². The summed E-state index contributed by atoms with van der Waals surface area (Å²) in [6.45, 7) is 2.57. The first-order valence-corrected chi connectivity index (χ1v) is 6.80. The van der Waals surface area contributed by atoms with Gasteiger partial charge in [-0.1, -0.05) is 19.3 Å². The van der Waals surface area contributed by atoms with Crippen molar-refractivity contribution in [1.82, 2.24) is 10.2 Å². The standard InChI is InChI=1S/C13H22N2O3/c1-13(11(16)17)7-8-15(9-13)12(18)14-10-5-3-2-4-6-10/h10H,2-9H2,1H3,(H,14,18)(H,16,17). The summed E-state index contributed by atoms with van der Waals surface area (Å²) in [5, 5.41) is 12.2. The first-order valence-electron chi connectivity index (χ1n) is 6.80. The summed E-state index contributed by atoms with van der Waals surface area (Å²) in [4.78, 5) is 24.8. The fourth-order valence-corrected chi connectivity index (χ4v) is 2.82. The number of urea groups is 1. The Morgan fingerprint density at radius 1 is 1.28 bits per heavy atom.